The predicted molar refractivity (Wildman–Crippen MR) is 92.6 cm³/mol. The Kier molecular flexibility index (Phi) is 4.50. The van der Waals surface area contributed by atoms with Gasteiger partial charge >= 0.3 is 0 Å². The second-order valence-corrected chi connectivity index (χ2v) is 7.65. The highest BCUT2D eigenvalue weighted by Gasteiger charge is 2.43. The molecule has 0 spiro atoms. The first-order valence-electron chi connectivity index (χ1n) is 7.93. The van der Waals surface area contributed by atoms with Gasteiger partial charge in [-0.25, -0.2) is 4.98 Å². The molecule has 118 valence electrons. The minimum atomic E-state index is 0.382. The largest absolute Gasteiger partial charge is 0.493 e. The molecule has 1 heterocycles. The number of aryl methyl sites for hydroxylation is 1. The number of nitrogens with zero attached hydrogens (tertiary/aromatic N) is 2. The van der Waals surface area contributed by atoms with Gasteiger partial charge in [-0.15, -0.1) is 11.3 Å². The summed E-state index contributed by atoms with van der Waals surface area (Å²) in [5.74, 6) is 0.959. The molecule has 1 aromatic heterocycles. The third-order valence-electron chi connectivity index (χ3n) is 4.16. The van der Waals surface area contributed by atoms with E-state index in [0.29, 0.717) is 5.41 Å². The molecule has 1 fully saturated rings. The maximum absolute atomic E-state index is 6.01. The Labute approximate surface area is 137 Å². The molecule has 0 unspecified atom stereocenters. The van der Waals surface area contributed by atoms with E-state index >= 15 is 0 Å². The third-order valence-corrected chi connectivity index (χ3v) is 5.35. The van der Waals surface area contributed by atoms with Crippen molar-refractivity contribution in [2.24, 2.45) is 5.41 Å². The van der Waals surface area contributed by atoms with Crippen LogP contribution in [-0.4, -0.2) is 37.1 Å². The van der Waals surface area contributed by atoms with E-state index in [2.05, 4.69) is 55.2 Å². The molecule has 0 amide bonds. The summed E-state index contributed by atoms with van der Waals surface area (Å²) in [6, 6.07) is 8.35. The maximum Gasteiger partial charge on any atom is 0.123 e. The summed E-state index contributed by atoms with van der Waals surface area (Å²) in [6.45, 7) is 4.10. The van der Waals surface area contributed by atoms with Crippen LogP contribution in [0.15, 0.2) is 30.5 Å². The fourth-order valence-electron chi connectivity index (χ4n) is 2.73. The summed E-state index contributed by atoms with van der Waals surface area (Å²) in [6.07, 6.45) is 5.58. The highest BCUT2D eigenvalue weighted by Crippen LogP contribution is 2.46. The van der Waals surface area contributed by atoms with E-state index < -0.39 is 0 Å². The molecule has 0 saturated heterocycles. The average molecular weight is 316 g/mol. The SMILES string of the molecule is CCc1cnc(-c2ccc(OCC3(CN(C)C)CC3)cc2)s1. The van der Waals surface area contributed by atoms with Gasteiger partial charge in [0.15, 0.2) is 0 Å². The minimum Gasteiger partial charge on any atom is -0.493 e. The zero-order chi connectivity index (χ0) is 15.6. The van der Waals surface area contributed by atoms with Crippen LogP contribution in [0.4, 0.5) is 0 Å². The van der Waals surface area contributed by atoms with E-state index in [4.69, 9.17) is 4.74 Å². The van der Waals surface area contributed by atoms with Crippen molar-refractivity contribution in [3.8, 4) is 16.3 Å². The van der Waals surface area contributed by atoms with E-state index in [1.54, 1.807) is 11.3 Å². The van der Waals surface area contributed by atoms with Gasteiger partial charge in [-0.05, 0) is 57.6 Å². The summed E-state index contributed by atoms with van der Waals surface area (Å²) >= 11 is 1.77. The van der Waals surface area contributed by atoms with Crippen molar-refractivity contribution in [2.45, 2.75) is 26.2 Å². The lowest BCUT2D eigenvalue weighted by Gasteiger charge is -2.20. The van der Waals surface area contributed by atoms with Crippen molar-refractivity contribution in [3.05, 3.63) is 35.3 Å². The van der Waals surface area contributed by atoms with Crippen LogP contribution in [0.25, 0.3) is 10.6 Å². The van der Waals surface area contributed by atoms with Gasteiger partial charge in [-0.2, -0.15) is 0 Å². The van der Waals surface area contributed by atoms with Crippen molar-refractivity contribution in [2.75, 3.05) is 27.2 Å². The fraction of sp³-hybridized carbons (Fsp3) is 0.500. The van der Waals surface area contributed by atoms with Gasteiger partial charge in [0.1, 0.15) is 10.8 Å². The van der Waals surface area contributed by atoms with Gasteiger partial charge in [-0.3, -0.25) is 0 Å². The molecule has 0 atom stereocenters. The van der Waals surface area contributed by atoms with E-state index in [1.807, 2.05) is 6.20 Å². The molecular formula is C18H24N2OS. The van der Waals surface area contributed by atoms with Crippen molar-refractivity contribution >= 4 is 11.3 Å². The molecule has 3 nitrogen and oxygen atoms in total. The van der Waals surface area contributed by atoms with Crippen LogP contribution < -0.4 is 4.74 Å². The van der Waals surface area contributed by atoms with Crippen LogP contribution in [0.3, 0.4) is 0 Å². The van der Waals surface area contributed by atoms with Crippen LogP contribution in [0.2, 0.25) is 0 Å². The molecule has 0 aliphatic heterocycles. The third kappa shape index (κ3) is 3.68. The molecule has 22 heavy (non-hydrogen) atoms. The fourth-order valence-corrected chi connectivity index (χ4v) is 3.59. The Morgan fingerprint density at radius 3 is 2.50 bits per heavy atom. The van der Waals surface area contributed by atoms with Gasteiger partial charge in [0, 0.05) is 28.6 Å². The van der Waals surface area contributed by atoms with E-state index in [0.717, 1.165) is 30.3 Å². The van der Waals surface area contributed by atoms with E-state index in [-0.39, 0.29) is 0 Å². The highest BCUT2D eigenvalue weighted by molar-refractivity contribution is 7.15. The number of ether oxygens (including phenoxy) is 1. The smallest absolute Gasteiger partial charge is 0.123 e. The second-order valence-electron chi connectivity index (χ2n) is 6.54. The molecular weight excluding hydrogens is 292 g/mol. The lowest BCUT2D eigenvalue weighted by atomic mass is 10.1. The Hall–Kier alpha value is -1.39. The van der Waals surface area contributed by atoms with Crippen LogP contribution in [0.1, 0.15) is 24.6 Å². The zero-order valence-electron chi connectivity index (χ0n) is 13.6. The number of benzene rings is 1. The van der Waals surface area contributed by atoms with Crippen molar-refractivity contribution in [1.29, 1.82) is 0 Å². The standard InChI is InChI=1S/C18H24N2OS/c1-4-16-11-19-17(22-16)14-5-7-15(8-6-14)21-13-18(9-10-18)12-20(2)3/h5-8,11H,4,9-10,12-13H2,1-3H3. The molecule has 1 aromatic carbocycles. The molecule has 0 bridgehead atoms. The van der Waals surface area contributed by atoms with Gasteiger partial charge < -0.3 is 9.64 Å². The van der Waals surface area contributed by atoms with Gasteiger partial charge in [0.25, 0.3) is 0 Å². The maximum atomic E-state index is 6.01. The number of aromatic nitrogens is 1. The first-order valence-corrected chi connectivity index (χ1v) is 8.74. The summed E-state index contributed by atoms with van der Waals surface area (Å²) in [7, 11) is 4.26. The molecule has 0 radical (unpaired) electrons. The summed E-state index contributed by atoms with van der Waals surface area (Å²) in [5.41, 5.74) is 1.56. The Morgan fingerprint density at radius 1 is 1.23 bits per heavy atom. The van der Waals surface area contributed by atoms with Crippen molar-refractivity contribution in [3.63, 3.8) is 0 Å². The monoisotopic (exact) mass is 316 g/mol. The summed E-state index contributed by atoms with van der Waals surface area (Å²) < 4.78 is 6.01. The number of hydrogen-bond acceptors (Lipinski definition) is 4. The van der Waals surface area contributed by atoms with E-state index in [9.17, 15) is 0 Å². The number of rotatable bonds is 7. The number of thiazole rings is 1. The first-order chi connectivity index (χ1) is 10.6. The van der Waals surface area contributed by atoms with Crippen molar-refractivity contribution < 1.29 is 4.74 Å². The summed E-state index contributed by atoms with van der Waals surface area (Å²) in [4.78, 5) is 8.07. The molecule has 2 aromatic rings. The minimum absolute atomic E-state index is 0.382. The van der Waals surface area contributed by atoms with Crippen LogP contribution in [0, 0.1) is 5.41 Å². The zero-order valence-corrected chi connectivity index (χ0v) is 14.4. The Balaban J connectivity index is 1.60. The molecule has 1 aliphatic carbocycles. The normalized spacial score (nSPS) is 16.0. The van der Waals surface area contributed by atoms with Gasteiger partial charge in [0.2, 0.25) is 0 Å². The van der Waals surface area contributed by atoms with Crippen LogP contribution >= 0.6 is 11.3 Å². The Bertz CT molecular complexity index is 614. The second kappa shape index (κ2) is 6.39. The quantitative estimate of drug-likeness (QED) is 0.769. The number of hydrogen-bond donors (Lipinski definition) is 0. The molecule has 0 N–H and O–H groups in total. The summed E-state index contributed by atoms with van der Waals surface area (Å²) in [5, 5.41) is 1.09. The Morgan fingerprint density at radius 2 is 1.95 bits per heavy atom. The first kappa shape index (κ1) is 15.5. The van der Waals surface area contributed by atoms with E-state index in [1.165, 1.54) is 23.3 Å². The molecule has 1 saturated carbocycles. The lowest BCUT2D eigenvalue weighted by molar-refractivity contribution is 0.194. The average Bonchev–Trinajstić information content (AvgIpc) is 3.10. The lowest BCUT2D eigenvalue weighted by Crippen LogP contribution is -2.27. The molecule has 3 rings (SSSR count). The predicted octanol–water partition coefficient (Wildman–Crippen LogP) is 4.09. The van der Waals surface area contributed by atoms with Gasteiger partial charge in [0.05, 0.1) is 6.61 Å². The molecule has 1 aliphatic rings. The van der Waals surface area contributed by atoms with Gasteiger partial charge in [-0.1, -0.05) is 6.92 Å². The van der Waals surface area contributed by atoms with Crippen molar-refractivity contribution in [1.82, 2.24) is 9.88 Å². The highest BCUT2D eigenvalue weighted by atomic mass is 32.1. The van der Waals surface area contributed by atoms with Crippen LogP contribution in [-0.2, 0) is 6.42 Å². The van der Waals surface area contributed by atoms with Crippen LogP contribution in [0.5, 0.6) is 5.75 Å². The topological polar surface area (TPSA) is 25.4 Å². The molecule has 4 heteroatoms.